The Hall–Kier alpha value is -2.71. The molecule has 0 aromatic heterocycles. The summed E-state index contributed by atoms with van der Waals surface area (Å²) in [6.07, 6.45) is 0. The summed E-state index contributed by atoms with van der Waals surface area (Å²) in [5.41, 5.74) is 2.31. The van der Waals surface area contributed by atoms with Gasteiger partial charge < -0.3 is 10.1 Å². The maximum atomic E-state index is 13.9. The van der Waals surface area contributed by atoms with E-state index in [1.165, 1.54) is 19.2 Å². The Balaban J connectivity index is 2.01. The van der Waals surface area contributed by atoms with Gasteiger partial charge in [0.15, 0.2) is 0 Å². The van der Waals surface area contributed by atoms with E-state index in [9.17, 15) is 9.18 Å². The molecule has 5 heteroatoms. The number of carbonyl (C=O) groups is 1. The number of methoxy groups -OCH3 is 1. The molecule has 0 aliphatic carbocycles. The van der Waals surface area contributed by atoms with Crippen molar-refractivity contribution < 1.29 is 13.9 Å². The molecule has 2 aromatic carbocycles. The normalized spacial score (nSPS) is 11.6. The lowest BCUT2D eigenvalue weighted by Crippen LogP contribution is -2.18. The first-order valence-corrected chi connectivity index (χ1v) is 7.15. The number of hydrogen-bond donors (Lipinski definition) is 1. The summed E-state index contributed by atoms with van der Waals surface area (Å²) in [7, 11) is 1.22. The molecule has 4 nitrogen and oxygen atoms in total. The van der Waals surface area contributed by atoms with Crippen molar-refractivity contribution in [2.24, 2.45) is 0 Å². The van der Waals surface area contributed by atoms with E-state index in [2.05, 4.69) is 16.1 Å². The molecule has 1 N–H and O–H groups in total. The Bertz CT molecular complexity index is 736. The molecule has 118 valence electrons. The number of hydrogen-bond acceptors (Lipinski definition) is 4. The second-order valence-corrected chi connectivity index (χ2v) is 5.14. The van der Waals surface area contributed by atoms with Crippen molar-refractivity contribution in [2.45, 2.75) is 19.5 Å². The molecule has 23 heavy (non-hydrogen) atoms. The highest BCUT2D eigenvalue weighted by Gasteiger charge is 2.12. The number of halogens is 1. The van der Waals surface area contributed by atoms with Crippen molar-refractivity contribution in [3.05, 3.63) is 70.5 Å². The van der Waals surface area contributed by atoms with Crippen molar-refractivity contribution in [3.63, 3.8) is 0 Å². The number of nitrogens with zero attached hydrogens (tertiary/aromatic N) is 1. The maximum absolute atomic E-state index is 13.9. The first kappa shape index (κ1) is 16.7. The number of rotatable bonds is 5. The topological polar surface area (TPSA) is 62.1 Å². The molecular weight excluding hydrogens is 295 g/mol. The van der Waals surface area contributed by atoms with E-state index < -0.39 is 11.8 Å². The van der Waals surface area contributed by atoms with Crippen LogP contribution < -0.4 is 5.32 Å². The molecule has 0 radical (unpaired) electrons. The average molecular weight is 312 g/mol. The monoisotopic (exact) mass is 312 g/mol. The SMILES string of the molecule is COC(=O)c1ccc(CNC(C)c2ccc(C#N)cc2)cc1F. The molecule has 2 aromatic rings. The standard InChI is InChI=1S/C18H17FN2O2/c1-12(15-6-3-13(10-20)4-7-15)21-11-14-5-8-16(17(19)9-14)18(22)23-2/h3-9,12,21H,11H2,1-2H3. The van der Waals surface area contributed by atoms with Crippen molar-refractivity contribution in [2.75, 3.05) is 7.11 Å². The summed E-state index contributed by atoms with van der Waals surface area (Å²) in [6, 6.07) is 13.9. The van der Waals surface area contributed by atoms with Gasteiger partial charge in [-0.1, -0.05) is 18.2 Å². The fourth-order valence-electron chi connectivity index (χ4n) is 2.18. The third kappa shape index (κ3) is 4.15. The van der Waals surface area contributed by atoms with Crippen molar-refractivity contribution >= 4 is 5.97 Å². The molecular formula is C18H17FN2O2. The predicted octanol–water partition coefficient (Wildman–Crippen LogP) is 3.33. The van der Waals surface area contributed by atoms with Crippen LogP contribution in [0.1, 0.15) is 40.0 Å². The van der Waals surface area contributed by atoms with Crippen molar-refractivity contribution in [1.29, 1.82) is 5.26 Å². The number of nitriles is 1. The van der Waals surface area contributed by atoms with E-state index in [-0.39, 0.29) is 11.6 Å². The molecule has 0 amide bonds. The molecule has 0 heterocycles. The molecule has 0 spiro atoms. The zero-order chi connectivity index (χ0) is 16.8. The number of ether oxygens (including phenoxy) is 1. The third-order valence-electron chi connectivity index (χ3n) is 3.59. The Morgan fingerprint density at radius 3 is 2.57 bits per heavy atom. The molecule has 0 aliphatic heterocycles. The van der Waals surface area contributed by atoms with Gasteiger partial charge >= 0.3 is 5.97 Å². The average Bonchev–Trinajstić information content (AvgIpc) is 2.59. The second-order valence-electron chi connectivity index (χ2n) is 5.14. The number of benzene rings is 2. The Labute approximate surface area is 134 Å². The fraction of sp³-hybridized carbons (Fsp3) is 0.222. The van der Waals surface area contributed by atoms with Crippen LogP contribution in [0.25, 0.3) is 0 Å². The highest BCUT2D eigenvalue weighted by Crippen LogP contribution is 2.16. The Morgan fingerprint density at radius 2 is 2.00 bits per heavy atom. The van der Waals surface area contributed by atoms with Crippen LogP contribution in [-0.2, 0) is 11.3 Å². The van der Waals surface area contributed by atoms with E-state index in [4.69, 9.17) is 5.26 Å². The van der Waals surface area contributed by atoms with Crippen LogP contribution in [0, 0.1) is 17.1 Å². The van der Waals surface area contributed by atoms with Crippen LogP contribution in [0.3, 0.4) is 0 Å². The second kappa shape index (κ2) is 7.52. The molecule has 1 atom stereocenters. The summed E-state index contributed by atoms with van der Waals surface area (Å²) in [5, 5.41) is 12.1. The maximum Gasteiger partial charge on any atom is 0.340 e. The van der Waals surface area contributed by atoms with E-state index in [1.54, 1.807) is 18.2 Å². The summed E-state index contributed by atoms with van der Waals surface area (Å²) in [6.45, 7) is 2.44. The lowest BCUT2D eigenvalue weighted by Gasteiger charge is -2.14. The van der Waals surface area contributed by atoms with Gasteiger partial charge in [0.2, 0.25) is 0 Å². The fourth-order valence-corrected chi connectivity index (χ4v) is 2.18. The Morgan fingerprint density at radius 1 is 1.30 bits per heavy atom. The summed E-state index contributed by atoms with van der Waals surface area (Å²) in [5.74, 6) is -1.28. The molecule has 0 saturated carbocycles. The van der Waals surface area contributed by atoms with E-state index in [0.29, 0.717) is 12.1 Å². The highest BCUT2D eigenvalue weighted by atomic mass is 19.1. The van der Waals surface area contributed by atoms with Gasteiger partial charge in [-0.2, -0.15) is 5.26 Å². The van der Waals surface area contributed by atoms with Gasteiger partial charge in [-0.15, -0.1) is 0 Å². The van der Waals surface area contributed by atoms with Crippen LogP contribution >= 0.6 is 0 Å². The number of nitrogens with one attached hydrogen (secondary N) is 1. The van der Waals surface area contributed by atoms with Crippen LogP contribution in [0.5, 0.6) is 0 Å². The van der Waals surface area contributed by atoms with Gasteiger partial charge in [-0.05, 0) is 42.3 Å². The smallest absolute Gasteiger partial charge is 0.340 e. The first-order valence-electron chi connectivity index (χ1n) is 7.15. The largest absolute Gasteiger partial charge is 0.465 e. The minimum Gasteiger partial charge on any atom is -0.465 e. The minimum atomic E-state index is -0.687. The quantitative estimate of drug-likeness (QED) is 0.860. The zero-order valence-corrected chi connectivity index (χ0v) is 13.0. The van der Waals surface area contributed by atoms with Crippen LogP contribution in [0.2, 0.25) is 0 Å². The highest BCUT2D eigenvalue weighted by molar-refractivity contribution is 5.89. The predicted molar refractivity (Wildman–Crippen MR) is 84.2 cm³/mol. The molecule has 1 unspecified atom stereocenters. The summed E-state index contributed by atoms with van der Waals surface area (Å²) in [4.78, 5) is 11.3. The molecule has 0 aliphatic rings. The molecule has 0 saturated heterocycles. The van der Waals surface area contributed by atoms with Crippen molar-refractivity contribution in [1.82, 2.24) is 5.32 Å². The van der Waals surface area contributed by atoms with Gasteiger partial charge in [0.25, 0.3) is 0 Å². The van der Waals surface area contributed by atoms with Gasteiger partial charge in [0.05, 0.1) is 24.3 Å². The third-order valence-corrected chi connectivity index (χ3v) is 3.59. The first-order chi connectivity index (χ1) is 11.0. The van der Waals surface area contributed by atoms with E-state index in [1.807, 2.05) is 19.1 Å². The van der Waals surface area contributed by atoms with Gasteiger partial charge in [0, 0.05) is 12.6 Å². The molecule has 0 fully saturated rings. The minimum absolute atomic E-state index is 0.0473. The summed E-state index contributed by atoms with van der Waals surface area (Å²) < 4.78 is 18.4. The van der Waals surface area contributed by atoms with Crippen LogP contribution in [0.4, 0.5) is 4.39 Å². The number of carbonyl (C=O) groups excluding carboxylic acids is 1. The van der Waals surface area contributed by atoms with Crippen LogP contribution in [0.15, 0.2) is 42.5 Å². The molecule has 0 bridgehead atoms. The van der Waals surface area contributed by atoms with Gasteiger partial charge in [0.1, 0.15) is 5.82 Å². The summed E-state index contributed by atoms with van der Waals surface area (Å²) >= 11 is 0. The van der Waals surface area contributed by atoms with E-state index >= 15 is 0 Å². The van der Waals surface area contributed by atoms with E-state index in [0.717, 1.165) is 11.1 Å². The van der Waals surface area contributed by atoms with Crippen LogP contribution in [-0.4, -0.2) is 13.1 Å². The molecule has 2 rings (SSSR count). The Kier molecular flexibility index (Phi) is 5.45. The van der Waals surface area contributed by atoms with Gasteiger partial charge in [-0.3, -0.25) is 0 Å². The van der Waals surface area contributed by atoms with Crippen molar-refractivity contribution in [3.8, 4) is 6.07 Å². The lowest BCUT2D eigenvalue weighted by atomic mass is 10.1. The lowest BCUT2D eigenvalue weighted by molar-refractivity contribution is 0.0595. The zero-order valence-electron chi connectivity index (χ0n) is 13.0. The number of esters is 1. The van der Waals surface area contributed by atoms with Gasteiger partial charge in [-0.25, -0.2) is 9.18 Å².